The standard InChI is InChI=1S/C19H18Cl2N4O2/c1-12-6-8-14(9-7-12)25-16(26)10-22-18(23-25)19(27)24(2)11-13-4-3-5-15(20)17(13)21/h3-9H,10-11H2,1-2H3,(H,22,23). The van der Waals surface area contributed by atoms with Crippen LogP contribution in [-0.4, -0.2) is 36.1 Å². The van der Waals surface area contributed by atoms with Crippen molar-refractivity contribution in [2.75, 3.05) is 18.6 Å². The Morgan fingerprint density at radius 2 is 1.93 bits per heavy atom. The zero-order valence-corrected chi connectivity index (χ0v) is 16.4. The van der Waals surface area contributed by atoms with Crippen LogP contribution in [0, 0.1) is 6.92 Å². The number of hydrogen-bond donors (Lipinski definition) is 1. The summed E-state index contributed by atoms with van der Waals surface area (Å²) in [6, 6.07) is 12.7. The van der Waals surface area contributed by atoms with Gasteiger partial charge in [-0.1, -0.05) is 53.0 Å². The zero-order valence-electron chi connectivity index (χ0n) is 14.9. The lowest BCUT2D eigenvalue weighted by Crippen LogP contribution is -2.55. The highest BCUT2D eigenvalue weighted by Crippen LogP contribution is 2.26. The van der Waals surface area contributed by atoms with Crippen molar-refractivity contribution < 1.29 is 9.59 Å². The molecule has 0 spiro atoms. The minimum absolute atomic E-state index is 0.0934. The van der Waals surface area contributed by atoms with Crippen molar-refractivity contribution in [3.8, 4) is 0 Å². The average molecular weight is 405 g/mol. The van der Waals surface area contributed by atoms with E-state index in [0.717, 1.165) is 11.1 Å². The molecule has 8 heteroatoms. The molecule has 1 aliphatic heterocycles. The maximum absolute atomic E-state index is 12.8. The number of halogens is 2. The van der Waals surface area contributed by atoms with E-state index in [9.17, 15) is 9.59 Å². The summed E-state index contributed by atoms with van der Waals surface area (Å²) in [6.45, 7) is 2.12. The largest absolute Gasteiger partial charge is 0.335 e. The van der Waals surface area contributed by atoms with E-state index in [-0.39, 0.29) is 30.7 Å². The van der Waals surface area contributed by atoms with Crippen molar-refractivity contribution in [2.45, 2.75) is 13.5 Å². The fraction of sp³-hybridized carbons (Fsp3) is 0.211. The molecule has 0 bridgehead atoms. The Hall–Kier alpha value is -2.57. The van der Waals surface area contributed by atoms with Gasteiger partial charge >= 0.3 is 0 Å². The molecule has 0 fully saturated rings. The summed E-state index contributed by atoms with van der Waals surface area (Å²) in [5, 5.41) is 2.17. The van der Waals surface area contributed by atoms with Gasteiger partial charge in [0.25, 0.3) is 11.8 Å². The van der Waals surface area contributed by atoms with Crippen molar-refractivity contribution >= 4 is 46.5 Å². The Morgan fingerprint density at radius 1 is 1.22 bits per heavy atom. The minimum Gasteiger partial charge on any atom is -0.335 e. The van der Waals surface area contributed by atoms with Crippen LogP contribution in [0.5, 0.6) is 0 Å². The normalized spacial score (nSPS) is 13.9. The second-order valence-electron chi connectivity index (χ2n) is 6.22. The van der Waals surface area contributed by atoms with E-state index in [1.165, 1.54) is 9.91 Å². The molecule has 2 amide bonds. The predicted octanol–water partition coefficient (Wildman–Crippen LogP) is 3.21. The van der Waals surface area contributed by atoms with E-state index >= 15 is 0 Å². The highest BCUT2D eigenvalue weighted by atomic mass is 35.5. The first kappa shape index (κ1) is 19.2. The van der Waals surface area contributed by atoms with Gasteiger partial charge in [-0.3, -0.25) is 20.0 Å². The number of rotatable bonds is 4. The first-order chi connectivity index (χ1) is 12.9. The first-order valence-corrected chi connectivity index (χ1v) is 9.01. The van der Waals surface area contributed by atoms with Crippen LogP contribution in [0.3, 0.4) is 0 Å². The number of benzene rings is 2. The molecule has 2 aromatic rings. The summed E-state index contributed by atoms with van der Waals surface area (Å²) in [7, 11) is 1.64. The van der Waals surface area contributed by atoms with Crippen LogP contribution in [0.15, 0.2) is 47.5 Å². The number of hydrogen-bond acceptors (Lipinski definition) is 4. The number of carbonyl (C=O) groups excluding carboxylic acids is 2. The molecule has 1 heterocycles. The SMILES string of the molecule is Cc1ccc(N2NC(C(=O)N(C)Cc3cccc(Cl)c3Cl)=NCC2=O)cc1. The van der Waals surface area contributed by atoms with E-state index in [0.29, 0.717) is 15.7 Å². The van der Waals surface area contributed by atoms with Gasteiger partial charge in [-0.2, -0.15) is 0 Å². The molecule has 0 aromatic heterocycles. The van der Waals surface area contributed by atoms with E-state index < -0.39 is 0 Å². The number of hydrazine groups is 1. The van der Waals surface area contributed by atoms with Crippen LogP contribution >= 0.6 is 23.2 Å². The molecule has 0 unspecified atom stereocenters. The third-order valence-electron chi connectivity index (χ3n) is 4.12. The fourth-order valence-electron chi connectivity index (χ4n) is 2.62. The summed E-state index contributed by atoms with van der Waals surface area (Å²) >= 11 is 12.2. The third-order valence-corrected chi connectivity index (χ3v) is 4.98. The second-order valence-corrected chi connectivity index (χ2v) is 7.00. The van der Waals surface area contributed by atoms with Crippen LogP contribution in [0.1, 0.15) is 11.1 Å². The van der Waals surface area contributed by atoms with Gasteiger partial charge in [0.05, 0.1) is 15.7 Å². The number of nitrogens with zero attached hydrogens (tertiary/aromatic N) is 3. The smallest absolute Gasteiger partial charge is 0.290 e. The molecule has 0 aliphatic carbocycles. The van der Waals surface area contributed by atoms with Crippen molar-refractivity contribution in [1.82, 2.24) is 10.3 Å². The van der Waals surface area contributed by atoms with Gasteiger partial charge in [-0.15, -0.1) is 0 Å². The lowest BCUT2D eigenvalue weighted by Gasteiger charge is -2.29. The summed E-state index contributed by atoms with van der Waals surface area (Å²) in [5.74, 6) is -0.498. The number of amides is 2. The molecule has 140 valence electrons. The molecule has 1 N–H and O–H groups in total. The Kier molecular flexibility index (Phi) is 5.68. The zero-order chi connectivity index (χ0) is 19.6. The van der Waals surface area contributed by atoms with Crippen LogP contribution in [-0.2, 0) is 16.1 Å². The monoisotopic (exact) mass is 404 g/mol. The van der Waals surface area contributed by atoms with Gasteiger partial charge in [0.1, 0.15) is 6.54 Å². The number of likely N-dealkylation sites (N-methyl/N-ethyl adjacent to an activating group) is 1. The van der Waals surface area contributed by atoms with Crippen LogP contribution in [0.25, 0.3) is 0 Å². The van der Waals surface area contributed by atoms with Crippen molar-refractivity contribution in [2.24, 2.45) is 4.99 Å². The van der Waals surface area contributed by atoms with Crippen LogP contribution in [0.4, 0.5) is 5.69 Å². The summed E-state index contributed by atoms with van der Waals surface area (Å²) in [6.07, 6.45) is 0. The molecule has 2 aromatic carbocycles. The highest BCUT2D eigenvalue weighted by Gasteiger charge is 2.27. The number of aryl methyl sites for hydroxylation is 1. The quantitative estimate of drug-likeness (QED) is 0.850. The molecule has 27 heavy (non-hydrogen) atoms. The van der Waals surface area contributed by atoms with Gasteiger partial charge in [0, 0.05) is 13.6 Å². The number of nitrogens with one attached hydrogen (secondary N) is 1. The maximum atomic E-state index is 12.8. The summed E-state index contributed by atoms with van der Waals surface area (Å²) in [4.78, 5) is 30.5. The van der Waals surface area contributed by atoms with Gasteiger partial charge in [-0.25, -0.2) is 5.01 Å². The Labute approximate surface area is 167 Å². The molecular weight excluding hydrogens is 387 g/mol. The van der Waals surface area contributed by atoms with E-state index in [1.807, 2.05) is 31.2 Å². The molecule has 0 saturated carbocycles. The van der Waals surface area contributed by atoms with Crippen molar-refractivity contribution in [3.63, 3.8) is 0 Å². The maximum Gasteiger partial charge on any atom is 0.290 e. The number of aliphatic imine (C=N–C) groups is 1. The molecule has 6 nitrogen and oxygen atoms in total. The third kappa shape index (κ3) is 4.23. The lowest BCUT2D eigenvalue weighted by molar-refractivity contribution is -0.123. The Balaban J connectivity index is 1.75. The van der Waals surface area contributed by atoms with Crippen molar-refractivity contribution in [1.29, 1.82) is 0 Å². The predicted molar refractivity (Wildman–Crippen MR) is 107 cm³/mol. The average Bonchev–Trinajstić information content (AvgIpc) is 2.66. The number of carbonyl (C=O) groups is 2. The second kappa shape index (κ2) is 7.98. The van der Waals surface area contributed by atoms with E-state index in [2.05, 4.69) is 10.4 Å². The fourth-order valence-corrected chi connectivity index (χ4v) is 3.00. The summed E-state index contributed by atoms with van der Waals surface area (Å²) in [5.41, 5.74) is 5.26. The molecular formula is C19H18Cl2N4O2. The van der Waals surface area contributed by atoms with Crippen LogP contribution < -0.4 is 10.4 Å². The van der Waals surface area contributed by atoms with Gasteiger partial charge in [0.2, 0.25) is 5.84 Å². The van der Waals surface area contributed by atoms with Gasteiger partial charge < -0.3 is 4.90 Å². The van der Waals surface area contributed by atoms with E-state index in [1.54, 1.807) is 25.2 Å². The molecule has 0 saturated heterocycles. The lowest BCUT2D eigenvalue weighted by atomic mass is 10.2. The Bertz CT molecular complexity index is 912. The Morgan fingerprint density at radius 3 is 2.63 bits per heavy atom. The molecule has 0 atom stereocenters. The minimum atomic E-state index is -0.351. The highest BCUT2D eigenvalue weighted by molar-refractivity contribution is 6.42. The number of amidine groups is 1. The van der Waals surface area contributed by atoms with Crippen molar-refractivity contribution in [3.05, 3.63) is 63.6 Å². The van der Waals surface area contributed by atoms with E-state index in [4.69, 9.17) is 23.2 Å². The molecule has 0 radical (unpaired) electrons. The molecule has 3 rings (SSSR count). The molecule has 1 aliphatic rings. The van der Waals surface area contributed by atoms with Gasteiger partial charge in [0.15, 0.2) is 0 Å². The van der Waals surface area contributed by atoms with Crippen LogP contribution in [0.2, 0.25) is 10.0 Å². The number of anilines is 1. The topological polar surface area (TPSA) is 65.0 Å². The summed E-state index contributed by atoms with van der Waals surface area (Å²) < 4.78 is 0. The first-order valence-electron chi connectivity index (χ1n) is 8.26. The van der Waals surface area contributed by atoms with Gasteiger partial charge in [-0.05, 0) is 30.7 Å².